The Balaban J connectivity index is 1.44. The van der Waals surface area contributed by atoms with Crippen molar-refractivity contribution in [2.24, 2.45) is 5.10 Å². The summed E-state index contributed by atoms with van der Waals surface area (Å²) in [7, 11) is 0. The van der Waals surface area contributed by atoms with Crippen molar-refractivity contribution in [3.63, 3.8) is 0 Å². The monoisotopic (exact) mass is 403 g/mol. The number of H-pyrrole nitrogens is 1. The van der Waals surface area contributed by atoms with Gasteiger partial charge in [0.25, 0.3) is 5.56 Å². The van der Waals surface area contributed by atoms with Gasteiger partial charge in [-0.1, -0.05) is 42.5 Å². The van der Waals surface area contributed by atoms with E-state index >= 15 is 0 Å². The van der Waals surface area contributed by atoms with E-state index in [9.17, 15) is 4.79 Å². The summed E-state index contributed by atoms with van der Waals surface area (Å²) < 4.78 is 5.59. The molecular weight excluding hydrogens is 378 g/mol. The number of fused-ring (bicyclic) bond motifs is 1. The van der Waals surface area contributed by atoms with Crippen molar-refractivity contribution in [2.75, 3.05) is 18.6 Å². The molecule has 2 aromatic carbocycles. The maximum absolute atomic E-state index is 12.6. The van der Waals surface area contributed by atoms with E-state index in [0.29, 0.717) is 19.1 Å². The summed E-state index contributed by atoms with van der Waals surface area (Å²) in [6.45, 7) is 4.80. The molecule has 0 spiro atoms. The number of ether oxygens (including phenoxy) is 1. The number of hydrogen-bond donors (Lipinski definition) is 2. The van der Waals surface area contributed by atoms with Crippen LogP contribution in [0.2, 0.25) is 0 Å². The highest BCUT2D eigenvalue weighted by Gasteiger charge is 2.21. The number of hydrogen-bond acceptors (Lipinski definition) is 6. The van der Waals surface area contributed by atoms with Crippen LogP contribution in [0, 0.1) is 0 Å². The molecule has 2 heterocycles. The lowest BCUT2D eigenvalue weighted by Gasteiger charge is -2.27. The Kier molecular flexibility index (Phi) is 6.20. The number of hydrazone groups is 1. The van der Waals surface area contributed by atoms with E-state index in [0.717, 1.165) is 42.1 Å². The molecule has 1 aliphatic heterocycles. The van der Waals surface area contributed by atoms with Crippen LogP contribution in [0.3, 0.4) is 0 Å². The van der Waals surface area contributed by atoms with E-state index in [1.165, 1.54) is 5.56 Å². The van der Waals surface area contributed by atoms with Gasteiger partial charge in [0.15, 0.2) is 0 Å². The number of aromatic nitrogens is 2. The molecule has 0 fully saturated rings. The summed E-state index contributed by atoms with van der Waals surface area (Å²) >= 11 is 0. The molecule has 1 aliphatic rings. The topological polar surface area (TPSA) is 82.6 Å². The van der Waals surface area contributed by atoms with E-state index in [-0.39, 0.29) is 5.56 Å². The van der Waals surface area contributed by atoms with Gasteiger partial charge < -0.3 is 4.74 Å². The minimum atomic E-state index is -0.120. The number of nitrogens with zero attached hydrogens (tertiary/aromatic N) is 3. The molecule has 7 heteroatoms. The molecule has 0 aliphatic carbocycles. The van der Waals surface area contributed by atoms with Crippen LogP contribution in [0.1, 0.15) is 29.3 Å². The first-order valence-corrected chi connectivity index (χ1v) is 10.1. The second kappa shape index (κ2) is 9.37. The van der Waals surface area contributed by atoms with Crippen LogP contribution in [-0.2, 0) is 19.5 Å². The van der Waals surface area contributed by atoms with Crippen LogP contribution in [-0.4, -0.2) is 34.2 Å². The fourth-order valence-corrected chi connectivity index (χ4v) is 3.55. The molecule has 0 radical (unpaired) electrons. The zero-order valence-electron chi connectivity index (χ0n) is 17.0. The predicted octanol–water partition coefficient (Wildman–Crippen LogP) is 3.17. The molecule has 1 aromatic heterocycles. The number of anilines is 1. The van der Waals surface area contributed by atoms with Gasteiger partial charge in [0.2, 0.25) is 5.95 Å². The number of benzene rings is 2. The molecule has 2 N–H and O–H groups in total. The SMILES string of the molecule is CCOc1ccccc1/C=N\Nc1nc2c(c(=O)[nH]1)CN(Cc1ccccc1)CC2. The fourth-order valence-electron chi connectivity index (χ4n) is 3.55. The minimum Gasteiger partial charge on any atom is -0.493 e. The highest BCUT2D eigenvalue weighted by molar-refractivity contribution is 5.83. The number of nitrogens with one attached hydrogen (secondary N) is 2. The average Bonchev–Trinajstić information content (AvgIpc) is 2.76. The summed E-state index contributed by atoms with van der Waals surface area (Å²) in [6.07, 6.45) is 2.39. The molecule has 0 bridgehead atoms. The van der Waals surface area contributed by atoms with E-state index in [1.807, 2.05) is 49.4 Å². The highest BCUT2D eigenvalue weighted by atomic mass is 16.5. The van der Waals surface area contributed by atoms with Gasteiger partial charge in [-0.2, -0.15) is 5.10 Å². The van der Waals surface area contributed by atoms with Crippen molar-refractivity contribution in [2.45, 2.75) is 26.4 Å². The molecule has 3 aromatic rings. The Morgan fingerprint density at radius 3 is 2.83 bits per heavy atom. The summed E-state index contributed by atoms with van der Waals surface area (Å²) in [5.74, 6) is 1.11. The standard InChI is InChI=1S/C23H25N5O2/c1-2-30-21-11-7-6-10-18(21)14-24-27-23-25-20-12-13-28(16-19(20)22(29)26-23)15-17-8-4-3-5-9-17/h3-11,14H,2,12-13,15-16H2,1H3,(H2,25,26,27,29)/b24-14-. The fraction of sp³-hybridized carbons (Fsp3) is 0.261. The Morgan fingerprint density at radius 2 is 2.00 bits per heavy atom. The molecule has 0 atom stereocenters. The average molecular weight is 403 g/mol. The lowest BCUT2D eigenvalue weighted by Crippen LogP contribution is -2.35. The smallest absolute Gasteiger partial charge is 0.257 e. The third kappa shape index (κ3) is 4.75. The Morgan fingerprint density at radius 1 is 1.20 bits per heavy atom. The number of aromatic amines is 1. The van der Waals surface area contributed by atoms with E-state index in [2.05, 4.69) is 37.5 Å². The number of para-hydroxylation sites is 1. The third-order valence-electron chi connectivity index (χ3n) is 4.99. The van der Waals surface area contributed by atoms with Gasteiger partial charge in [-0.3, -0.25) is 14.7 Å². The molecule has 0 saturated carbocycles. The van der Waals surface area contributed by atoms with Crippen LogP contribution in [0.4, 0.5) is 5.95 Å². The molecule has 7 nitrogen and oxygen atoms in total. The van der Waals surface area contributed by atoms with Crippen molar-refractivity contribution < 1.29 is 4.74 Å². The quantitative estimate of drug-likeness (QED) is 0.468. The minimum absolute atomic E-state index is 0.120. The zero-order valence-corrected chi connectivity index (χ0v) is 17.0. The lowest BCUT2D eigenvalue weighted by atomic mass is 10.1. The molecule has 0 saturated heterocycles. The maximum atomic E-state index is 12.6. The maximum Gasteiger partial charge on any atom is 0.257 e. The van der Waals surface area contributed by atoms with Gasteiger partial charge >= 0.3 is 0 Å². The summed E-state index contributed by atoms with van der Waals surface area (Å²) in [4.78, 5) is 22.3. The first kappa shape index (κ1) is 19.8. The van der Waals surface area contributed by atoms with Crippen molar-refractivity contribution in [1.29, 1.82) is 0 Å². The molecule has 154 valence electrons. The van der Waals surface area contributed by atoms with E-state index < -0.39 is 0 Å². The molecule has 0 amide bonds. The predicted molar refractivity (Wildman–Crippen MR) is 118 cm³/mol. The second-order valence-electron chi connectivity index (χ2n) is 7.13. The van der Waals surface area contributed by atoms with Crippen LogP contribution < -0.4 is 15.7 Å². The highest BCUT2D eigenvalue weighted by Crippen LogP contribution is 2.18. The first-order chi connectivity index (χ1) is 14.7. The molecule has 30 heavy (non-hydrogen) atoms. The largest absolute Gasteiger partial charge is 0.493 e. The van der Waals surface area contributed by atoms with Gasteiger partial charge in [0, 0.05) is 31.6 Å². The molecular formula is C23H25N5O2. The van der Waals surface area contributed by atoms with Gasteiger partial charge in [0.05, 0.1) is 24.1 Å². The van der Waals surface area contributed by atoms with Crippen molar-refractivity contribution in [3.8, 4) is 5.75 Å². The second-order valence-corrected chi connectivity index (χ2v) is 7.13. The molecule has 4 rings (SSSR count). The van der Waals surface area contributed by atoms with Crippen LogP contribution in [0.15, 0.2) is 64.5 Å². The number of rotatable bonds is 7. The lowest BCUT2D eigenvalue weighted by molar-refractivity contribution is 0.242. The Bertz CT molecular complexity index is 1080. The summed E-state index contributed by atoms with van der Waals surface area (Å²) in [6, 6.07) is 17.9. The zero-order chi connectivity index (χ0) is 20.8. The van der Waals surface area contributed by atoms with Crippen molar-refractivity contribution in [1.82, 2.24) is 14.9 Å². The molecule has 0 unspecified atom stereocenters. The van der Waals surface area contributed by atoms with Crippen LogP contribution >= 0.6 is 0 Å². The summed E-state index contributed by atoms with van der Waals surface area (Å²) in [5, 5.41) is 4.22. The Hall–Kier alpha value is -3.45. The third-order valence-corrected chi connectivity index (χ3v) is 4.99. The van der Waals surface area contributed by atoms with Crippen LogP contribution in [0.5, 0.6) is 5.75 Å². The van der Waals surface area contributed by atoms with Crippen molar-refractivity contribution in [3.05, 3.63) is 87.3 Å². The summed E-state index contributed by atoms with van der Waals surface area (Å²) in [5.41, 5.74) is 6.37. The van der Waals surface area contributed by atoms with Crippen molar-refractivity contribution >= 4 is 12.2 Å². The Labute approximate surface area is 175 Å². The normalized spacial score (nSPS) is 13.9. The van der Waals surface area contributed by atoms with Gasteiger partial charge in [-0.15, -0.1) is 0 Å². The van der Waals surface area contributed by atoms with Crippen LogP contribution in [0.25, 0.3) is 0 Å². The van der Waals surface area contributed by atoms with Gasteiger partial charge in [0.1, 0.15) is 5.75 Å². The van der Waals surface area contributed by atoms with E-state index in [1.54, 1.807) is 6.21 Å². The van der Waals surface area contributed by atoms with Gasteiger partial charge in [-0.25, -0.2) is 10.4 Å². The van der Waals surface area contributed by atoms with E-state index in [4.69, 9.17) is 4.74 Å². The first-order valence-electron chi connectivity index (χ1n) is 10.1. The van der Waals surface area contributed by atoms with Gasteiger partial charge in [-0.05, 0) is 24.6 Å².